The molecule has 6 nitrogen and oxygen atoms in total. The number of halogens is 1. The van der Waals surface area contributed by atoms with E-state index in [1.54, 1.807) is 0 Å². The van der Waals surface area contributed by atoms with E-state index in [0.29, 0.717) is 16.5 Å². The summed E-state index contributed by atoms with van der Waals surface area (Å²) in [5.41, 5.74) is 3.28. The molecule has 0 spiro atoms. The van der Waals surface area contributed by atoms with Crippen LogP contribution < -0.4 is 5.56 Å². The summed E-state index contributed by atoms with van der Waals surface area (Å²) in [6.45, 7) is 0. The maximum Gasteiger partial charge on any atom is 0.301 e. The second kappa shape index (κ2) is 8.52. The lowest BCUT2D eigenvalue weighted by Crippen LogP contribution is -2.13. The SMILES string of the molecule is O=c1c(N=Nc2ccc(F)cc2)c(-c2ccccc2)[nH]n1-c1nc(-c2ccccc2)cs1. The molecule has 0 fully saturated rings. The Labute approximate surface area is 186 Å². The second-order valence-electron chi connectivity index (χ2n) is 6.90. The van der Waals surface area contributed by atoms with Gasteiger partial charge in [-0.25, -0.2) is 9.37 Å². The van der Waals surface area contributed by atoms with Crippen molar-refractivity contribution in [1.29, 1.82) is 0 Å². The molecular weight excluding hydrogens is 425 g/mol. The van der Waals surface area contributed by atoms with Gasteiger partial charge in [0, 0.05) is 16.5 Å². The zero-order chi connectivity index (χ0) is 21.9. The van der Waals surface area contributed by atoms with Gasteiger partial charge in [0.15, 0.2) is 5.69 Å². The Morgan fingerprint density at radius 3 is 2.19 bits per heavy atom. The van der Waals surface area contributed by atoms with Gasteiger partial charge in [0.25, 0.3) is 0 Å². The number of hydrogen-bond donors (Lipinski definition) is 1. The molecule has 8 heteroatoms. The maximum absolute atomic E-state index is 13.3. The van der Waals surface area contributed by atoms with E-state index < -0.39 is 0 Å². The molecule has 156 valence electrons. The largest absolute Gasteiger partial charge is 0.301 e. The predicted molar refractivity (Wildman–Crippen MR) is 124 cm³/mol. The zero-order valence-electron chi connectivity index (χ0n) is 16.6. The van der Waals surface area contributed by atoms with Gasteiger partial charge in [0.2, 0.25) is 5.13 Å². The van der Waals surface area contributed by atoms with E-state index in [2.05, 4.69) is 20.3 Å². The van der Waals surface area contributed by atoms with Crippen molar-refractivity contribution in [2.24, 2.45) is 10.2 Å². The molecule has 0 saturated heterocycles. The first-order valence-electron chi connectivity index (χ1n) is 9.78. The number of aromatic amines is 1. The lowest BCUT2D eigenvalue weighted by Gasteiger charge is -1.99. The summed E-state index contributed by atoms with van der Waals surface area (Å²) in [7, 11) is 0. The first-order chi connectivity index (χ1) is 15.7. The third-order valence-corrected chi connectivity index (χ3v) is 5.60. The minimum atomic E-state index is -0.372. The summed E-state index contributed by atoms with van der Waals surface area (Å²) in [5.74, 6) is -0.365. The Morgan fingerprint density at radius 2 is 1.50 bits per heavy atom. The molecule has 32 heavy (non-hydrogen) atoms. The van der Waals surface area contributed by atoms with E-state index >= 15 is 0 Å². The molecule has 0 radical (unpaired) electrons. The van der Waals surface area contributed by atoms with Crippen LogP contribution in [-0.4, -0.2) is 14.8 Å². The van der Waals surface area contributed by atoms with Crippen molar-refractivity contribution in [3.63, 3.8) is 0 Å². The highest BCUT2D eigenvalue weighted by molar-refractivity contribution is 7.12. The number of hydrogen-bond acceptors (Lipinski definition) is 5. The van der Waals surface area contributed by atoms with Crippen molar-refractivity contribution >= 4 is 22.7 Å². The molecule has 0 saturated carbocycles. The smallest absolute Gasteiger partial charge is 0.286 e. The van der Waals surface area contributed by atoms with E-state index in [9.17, 15) is 9.18 Å². The van der Waals surface area contributed by atoms with E-state index in [1.165, 1.54) is 40.3 Å². The number of azo groups is 1. The number of nitrogens with zero attached hydrogens (tertiary/aromatic N) is 4. The summed E-state index contributed by atoms with van der Waals surface area (Å²) in [6.07, 6.45) is 0. The number of benzene rings is 3. The fourth-order valence-electron chi connectivity index (χ4n) is 3.19. The number of thiazole rings is 1. The molecular formula is C24H16FN5OS. The third kappa shape index (κ3) is 3.91. The van der Waals surface area contributed by atoms with Crippen LogP contribution in [0.5, 0.6) is 0 Å². The average molecular weight is 441 g/mol. The molecule has 0 aliphatic carbocycles. The molecule has 0 unspecified atom stereocenters. The van der Waals surface area contributed by atoms with Crippen molar-refractivity contribution in [1.82, 2.24) is 14.8 Å². The first kappa shape index (κ1) is 19.8. The number of aromatic nitrogens is 3. The fourth-order valence-corrected chi connectivity index (χ4v) is 3.98. The molecule has 0 aliphatic rings. The predicted octanol–water partition coefficient (Wildman–Crippen LogP) is 6.51. The molecule has 0 bridgehead atoms. The normalized spacial score (nSPS) is 11.3. The summed E-state index contributed by atoms with van der Waals surface area (Å²) in [4.78, 5) is 17.9. The Bertz CT molecular complexity index is 1440. The van der Waals surface area contributed by atoms with Crippen LogP contribution in [0.1, 0.15) is 0 Å². The topological polar surface area (TPSA) is 75.4 Å². The Hall–Kier alpha value is -4.17. The quantitative estimate of drug-likeness (QED) is 0.316. The lowest BCUT2D eigenvalue weighted by molar-refractivity contribution is 0.628. The van der Waals surface area contributed by atoms with Gasteiger partial charge in [0.05, 0.1) is 17.1 Å². The van der Waals surface area contributed by atoms with E-state index in [-0.39, 0.29) is 17.1 Å². The van der Waals surface area contributed by atoms with Crippen LogP contribution in [0, 0.1) is 5.82 Å². The highest BCUT2D eigenvalue weighted by Gasteiger charge is 2.19. The third-order valence-electron chi connectivity index (χ3n) is 4.77. The van der Waals surface area contributed by atoms with Crippen LogP contribution in [0.2, 0.25) is 0 Å². The number of nitrogens with one attached hydrogen (secondary N) is 1. The van der Waals surface area contributed by atoms with Gasteiger partial charge in [-0.15, -0.1) is 16.5 Å². The van der Waals surface area contributed by atoms with Crippen molar-refractivity contribution in [2.75, 3.05) is 0 Å². The molecule has 3 aromatic carbocycles. The number of H-pyrrole nitrogens is 1. The Balaban J connectivity index is 1.60. The molecule has 5 aromatic rings. The van der Waals surface area contributed by atoms with Gasteiger partial charge in [-0.3, -0.25) is 9.89 Å². The molecule has 0 aliphatic heterocycles. The minimum absolute atomic E-state index is 0.150. The summed E-state index contributed by atoms with van der Waals surface area (Å²) >= 11 is 1.35. The molecule has 0 atom stereocenters. The number of rotatable bonds is 5. The summed E-state index contributed by atoms with van der Waals surface area (Å²) in [5, 5.41) is 13.9. The van der Waals surface area contributed by atoms with Crippen LogP contribution in [0.4, 0.5) is 15.8 Å². The van der Waals surface area contributed by atoms with E-state index in [1.807, 2.05) is 66.0 Å². The Kier molecular flexibility index (Phi) is 5.27. The van der Waals surface area contributed by atoms with Gasteiger partial charge in [-0.1, -0.05) is 60.7 Å². The lowest BCUT2D eigenvalue weighted by atomic mass is 10.1. The van der Waals surface area contributed by atoms with Gasteiger partial charge in [0.1, 0.15) is 5.82 Å². The standard InChI is InChI=1S/C24H16FN5OS/c25-18-11-13-19(14-12-18)27-28-22-21(17-9-5-2-6-10-17)29-30(23(22)31)24-26-20(15-32-24)16-7-3-1-4-8-16/h1-15,29H. The van der Waals surface area contributed by atoms with Gasteiger partial charge < -0.3 is 0 Å². The molecule has 5 rings (SSSR count). The maximum atomic E-state index is 13.3. The highest BCUT2D eigenvalue weighted by Crippen LogP contribution is 2.29. The molecule has 0 amide bonds. The molecule has 1 N–H and O–H groups in total. The van der Waals surface area contributed by atoms with Crippen LogP contribution >= 0.6 is 11.3 Å². The zero-order valence-corrected chi connectivity index (χ0v) is 17.5. The summed E-state index contributed by atoms with van der Waals surface area (Å²) < 4.78 is 14.6. The minimum Gasteiger partial charge on any atom is -0.286 e. The average Bonchev–Trinajstić information content (AvgIpc) is 3.45. The van der Waals surface area contributed by atoms with Crippen molar-refractivity contribution in [2.45, 2.75) is 0 Å². The van der Waals surface area contributed by atoms with E-state index in [0.717, 1.165) is 16.8 Å². The van der Waals surface area contributed by atoms with Crippen molar-refractivity contribution in [3.05, 3.63) is 106 Å². The molecule has 2 heterocycles. The summed E-state index contributed by atoms with van der Waals surface area (Å²) in [6, 6.07) is 24.7. The van der Waals surface area contributed by atoms with Crippen LogP contribution in [-0.2, 0) is 0 Å². The van der Waals surface area contributed by atoms with Gasteiger partial charge >= 0.3 is 5.56 Å². The first-order valence-corrected chi connectivity index (χ1v) is 10.7. The van der Waals surface area contributed by atoms with Crippen molar-refractivity contribution < 1.29 is 4.39 Å². The second-order valence-corrected chi connectivity index (χ2v) is 7.74. The monoisotopic (exact) mass is 441 g/mol. The van der Waals surface area contributed by atoms with Gasteiger partial charge in [-0.2, -0.15) is 9.80 Å². The van der Waals surface area contributed by atoms with Crippen LogP contribution in [0.25, 0.3) is 27.6 Å². The molecule has 2 aromatic heterocycles. The highest BCUT2D eigenvalue weighted by atomic mass is 32.1. The van der Waals surface area contributed by atoms with Crippen molar-refractivity contribution in [3.8, 4) is 27.6 Å². The van der Waals surface area contributed by atoms with Crippen LogP contribution in [0.3, 0.4) is 0 Å². The van der Waals surface area contributed by atoms with Gasteiger partial charge in [-0.05, 0) is 24.3 Å². The Morgan fingerprint density at radius 1 is 0.844 bits per heavy atom. The van der Waals surface area contributed by atoms with Crippen LogP contribution in [0.15, 0.2) is 105 Å². The van der Waals surface area contributed by atoms with E-state index in [4.69, 9.17) is 0 Å². The fraction of sp³-hybridized carbons (Fsp3) is 0.